The zero-order valence-corrected chi connectivity index (χ0v) is 19.0. The topological polar surface area (TPSA) is 128 Å². The third-order valence-corrected chi connectivity index (χ3v) is 6.45. The van der Waals surface area contributed by atoms with E-state index in [1.54, 1.807) is 12.1 Å². The second kappa shape index (κ2) is 9.58. The molecule has 12 heteroatoms. The Bertz CT molecular complexity index is 1030. The number of carbonyl (C=O) groups excluding carboxylic acids is 3. The zero-order chi connectivity index (χ0) is 21.8. The Morgan fingerprint density at radius 1 is 1.23 bits per heavy atom. The van der Waals surface area contributed by atoms with E-state index in [1.807, 2.05) is 12.1 Å². The molecule has 0 fully saturated rings. The van der Waals surface area contributed by atoms with Gasteiger partial charge < -0.3 is 15.4 Å². The minimum absolute atomic E-state index is 0.164. The monoisotopic (exact) mass is 557 g/mol. The van der Waals surface area contributed by atoms with Crippen molar-refractivity contribution < 1.29 is 24.0 Å². The molecule has 1 aliphatic heterocycles. The summed E-state index contributed by atoms with van der Waals surface area (Å²) in [6.07, 6.45) is -0.191. The second-order valence-electron chi connectivity index (χ2n) is 6.05. The van der Waals surface area contributed by atoms with Crippen LogP contribution in [0.5, 0.6) is 0 Å². The van der Waals surface area contributed by atoms with E-state index in [-0.39, 0.29) is 32.6 Å². The maximum absolute atomic E-state index is 12.1. The summed E-state index contributed by atoms with van der Waals surface area (Å²) in [6, 6.07) is 9.72. The van der Waals surface area contributed by atoms with Crippen LogP contribution in [0.3, 0.4) is 0 Å². The Balaban J connectivity index is 1.54. The van der Waals surface area contributed by atoms with Crippen molar-refractivity contribution in [1.29, 1.82) is 0 Å². The number of anilines is 2. The van der Waals surface area contributed by atoms with Crippen molar-refractivity contribution in [3.8, 4) is 0 Å². The molecule has 2 N–H and O–H groups in total. The van der Waals surface area contributed by atoms with Gasteiger partial charge in [0.2, 0.25) is 5.91 Å². The molecule has 2 amide bonds. The van der Waals surface area contributed by atoms with Gasteiger partial charge in [-0.05, 0) is 44.0 Å². The van der Waals surface area contributed by atoms with Crippen LogP contribution in [-0.4, -0.2) is 34.6 Å². The van der Waals surface area contributed by atoms with Gasteiger partial charge in [-0.3, -0.25) is 24.5 Å². The van der Waals surface area contributed by atoms with E-state index in [4.69, 9.17) is 4.74 Å². The van der Waals surface area contributed by atoms with Crippen molar-refractivity contribution in [3.63, 3.8) is 0 Å². The molecule has 2 aromatic rings. The Kier molecular flexibility index (Phi) is 7.10. The van der Waals surface area contributed by atoms with E-state index in [1.165, 1.54) is 23.9 Å². The van der Waals surface area contributed by atoms with Gasteiger partial charge in [-0.15, -0.1) is 11.8 Å². The lowest BCUT2D eigenvalue weighted by Gasteiger charge is -2.23. The fraction of sp³-hybridized carbons (Fsp3) is 0.167. The lowest BCUT2D eigenvalue weighted by atomic mass is 10.2. The number of para-hydroxylation sites is 1. The first kappa shape index (κ1) is 22.2. The summed E-state index contributed by atoms with van der Waals surface area (Å²) in [5.74, 6) is -1.64. The highest BCUT2D eigenvalue weighted by atomic mass is 79.9. The standard InChI is InChI=1S/C18H13Br2N3O6S/c19-10-5-9(23(27)28)6-11(20)17(10)22-15(24)8-29-16(25)7-14-18(26)21-12-3-1-2-4-13(12)30-14/h1-6,14H,7-8H2,(H,21,26)(H,22,24). The second-order valence-corrected chi connectivity index (χ2v) is 9.00. The highest BCUT2D eigenvalue weighted by Crippen LogP contribution is 2.37. The molecule has 1 heterocycles. The molecule has 156 valence electrons. The van der Waals surface area contributed by atoms with Gasteiger partial charge in [-0.2, -0.15) is 0 Å². The van der Waals surface area contributed by atoms with E-state index in [2.05, 4.69) is 42.5 Å². The van der Waals surface area contributed by atoms with Crippen molar-refractivity contribution in [2.45, 2.75) is 16.6 Å². The SMILES string of the molecule is O=C(COC(=O)CC1Sc2ccccc2NC1=O)Nc1c(Br)cc([N+](=O)[O-])cc1Br. The lowest BCUT2D eigenvalue weighted by Crippen LogP contribution is -2.32. The molecule has 9 nitrogen and oxygen atoms in total. The van der Waals surface area contributed by atoms with Crippen molar-refractivity contribution >= 4 is 78.5 Å². The molecule has 0 aliphatic carbocycles. The largest absolute Gasteiger partial charge is 0.456 e. The van der Waals surface area contributed by atoms with Crippen LogP contribution in [0.15, 0.2) is 50.2 Å². The number of amides is 2. The molecular formula is C18H13Br2N3O6S. The third kappa shape index (κ3) is 5.37. The van der Waals surface area contributed by atoms with Crippen LogP contribution in [0.2, 0.25) is 0 Å². The van der Waals surface area contributed by atoms with Gasteiger partial charge in [0.15, 0.2) is 6.61 Å². The minimum Gasteiger partial charge on any atom is -0.456 e. The predicted molar refractivity (Wildman–Crippen MR) is 117 cm³/mol. The van der Waals surface area contributed by atoms with Crippen molar-refractivity contribution in [3.05, 3.63) is 55.5 Å². The molecule has 2 aromatic carbocycles. The van der Waals surface area contributed by atoms with E-state index in [9.17, 15) is 24.5 Å². The number of benzene rings is 2. The molecule has 30 heavy (non-hydrogen) atoms. The van der Waals surface area contributed by atoms with Gasteiger partial charge in [-0.1, -0.05) is 12.1 Å². The van der Waals surface area contributed by atoms with E-state index >= 15 is 0 Å². The van der Waals surface area contributed by atoms with Crippen LogP contribution in [0.25, 0.3) is 0 Å². The van der Waals surface area contributed by atoms with Crippen LogP contribution >= 0.6 is 43.6 Å². The highest BCUT2D eigenvalue weighted by molar-refractivity contribution is 9.11. The minimum atomic E-state index is -0.695. The summed E-state index contributed by atoms with van der Waals surface area (Å²) in [6.45, 7) is -0.565. The summed E-state index contributed by atoms with van der Waals surface area (Å²) in [4.78, 5) is 47.5. The van der Waals surface area contributed by atoms with E-state index in [0.29, 0.717) is 5.69 Å². The Hall–Kier alpha value is -2.44. The van der Waals surface area contributed by atoms with Crippen LogP contribution in [0.1, 0.15) is 6.42 Å². The number of nitrogens with zero attached hydrogens (tertiary/aromatic N) is 1. The first-order valence-electron chi connectivity index (χ1n) is 8.40. The third-order valence-electron chi connectivity index (χ3n) is 3.93. The molecule has 0 bridgehead atoms. The molecule has 1 atom stereocenters. The molecule has 0 saturated carbocycles. The predicted octanol–water partition coefficient (Wildman–Crippen LogP) is 4.10. The number of hydrogen-bond donors (Lipinski definition) is 2. The zero-order valence-electron chi connectivity index (χ0n) is 15.0. The fourth-order valence-electron chi connectivity index (χ4n) is 2.54. The van der Waals surface area contributed by atoms with Gasteiger partial charge in [0.05, 0.1) is 28.0 Å². The molecule has 3 rings (SSSR count). The summed E-state index contributed by atoms with van der Waals surface area (Å²) >= 11 is 7.57. The Morgan fingerprint density at radius 2 is 1.90 bits per heavy atom. The molecule has 0 radical (unpaired) electrons. The normalized spacial score (nSPS) is 15.0. The number of halogens is 2. The van der Waals surface area contributed by atoms with Crippen LogP contribution < -0.4 is 10.6 Å². The number of thioether (sulfide) groups is 1. The Morgan fingerprint density at radius 3 is 2.57 bits per heavy atom. The lowest BCUT2D eigenvalue weighted by molar-refractivity contribution is -0.385. The van der Waals surface area contributed by atoms with Crippen LogP contribution in [0.4, 0.5) is 17.1 Å². The van der Waals surface area contributed by atoms with Gasteiger partial charge in [0, 0.05) is 26.0 Å². The maximum atomic E-state index is 12.1. The highest BCUT2D eigenvalue weighted by Gasteiger charge is 2.29. The first-order valence-corrected chi connectivity index (χ1v) is 10.9. The van der Waals surface area contributed by atoms with Crippen molar-refractivity contribution in [2.24, 2.45) is 0 Å². The number of esters is 1. The fourth-order valence-corrected chi connectivity index (χ4v) is 5.00. The first-order chi connectivity index (χ1) is 14.2. The van der Waals surface area contributed by atoms with Crippen LogP contribution in [-0.2, 0) is 19.1 Å². The molecule has 0 saturated heterocycles. The van der Waals surface area contributed by atoms with Crippen molar-refractivity contribution in [1.82, 2.24) is 0 Å². The average molecular weight is 559 g/mol. The average Bonchev–Trinajstić information content (AvgIpc) is 2.69. The number of non-ortho nitro benzene ring substituents is 1. The van der Waals surface area contributed by atoms with E-state index < -0.39 is 28.7 Å². The van der Waals surface area contributed by atoms with Gasteiger partial charge in [-0.25, -0.2) is 0 Å². The summed E-state index contributed by atoms with van der Waals surface area (Å²) in [7, 11) is 0. The van der Waals surface area contributed by atoms with Crippen molar-refractivity contribution in [2.75, 3.05) is 17.2 Å². The number of rotatable bonds is 6. The molecule has 1 aliphatic rings. The number of carbonyl (C=O) groups is 3. The van der Waals surface area contributed by atoms with Gasteiger partial charge >= 0.3 is 5.97 Å². The smallest absolute Gasteiger partial charge is 0.307 e. The number of nitro groups is 1. The Labute approximate surface area is 191 Å². The quantitative estimate of drug-likeness (QED) is 0.310. The number of nitro benzene ring substituents is 1. The van der Waals surface area contributed by atoms with Crippen LogP contribution in [0, 0.1) is 10.1 Å². The molecule has 1 unspecified atom stereocenters. The summed E-state index contributed by atoms with van der Waals surface area (Å²) in [5.41, 5.74) is 0.791. The molecule has 0 spiro atoms. The summed E-state index contributed by atoms with van der Waals surface area (Å²) < 4.78 is 5.55. The molecular weight excluding hydrogens is 546 g/mol. The number of hydrogen-bond acceptors (Lipinski definition) is 7. The number of ether oxygens (including phenoxy) is 1. The molecule has 0 aromatic heterocycles. The van der Waals surface area contributed by atoms with E-state index in [0.717, 1.165) is 4.90 Å². The van der Waals surface area contributed by atoms with Gasteiger partial charge in [0.25, 0.3) is 11.6 Å². The maximum Gasteiger partial charge on any atom is 0.307 e. The summed E-state index contributed by atoms with van der Waals surface area (Å²) in [5, 5.41) is 15.4. The van der Waals surface area contributed by atoms with Gasteiger partial charge in [0.1, 0.15) is 0 Å². The number of fused-ring (bicyclic) bond motifs is 1. The number of nitrogens with one attached hydrogen (secondary N) is 2.